The average molecular weight is 390 g/mol. The molecule has 0 aliphatic carbocycles. The predicted octanol–water partition coefficient (Wildman–Crippen LogP) is 1.01. The van der Waals surface area contributed by atoms with Crippen LogP contribution in [-0.4, -0.2) is 66.9 Å². The van der Waals surface area contributed by atoms with E-state index in [2.05, 4.69) is 31.5 Å². The van der Waals surface area contributed by atoms with Gasteiger partial charge >= 0.3 is 5.97 Å². The molecule has 0 bridgehead atoms. The van der Waals surface area contributed by atoms with Gasteiger partial charge in [-0.25, -0.2) is 0 Å². The van der Waals surface area contributed by atoms with E-state index in [1.165, 1.54) is 18.6 Å². The van der Waals surface area contributed by atoms with Crippen LogP contribution in [0.5, 0.6) is 0 Å². The number of piperazine rings is 1. The maximum Gasteiger partial charge on any atom is 0.325 e. The van der Waals surface area contributed by atoms with Crippen LogP contribution in [0.4, 0.5) is 5.82 Å². The van der Waals surface area contributed by atoms with E-state index in [4.69, 9.17) is 0 Å². The number of anilines is 1. The molecule has 0 unspecified atom stereocenters. The van der Waals surface area contributed by atoms with Crippen LogP contribution in [0, 0.1) is 0 Å². The molecule has 0 atom stereocenters. The first-order valence-electron chi connectivity index (χ1n) is 8.79. The third-order valence-corrected chi connectivity index (χ3v) is 5.33. The first kappa shape index (κ1) is 19.1. The highest BCUT2D eigenvalue weighted by Crippen LogP contribution is 2.29. The largest absolute Gasteiger partial charge is 0.468 e. The highest BCUT2D eigenvalue weighted by Gasteiger charge is 2.23. The molecule has 1 N–H and O–H groups in total. The summed E-state index contributed by atoms with van der Waals surface area (Å²) in [7, 11) is 1.26. The maximum absolute atomic E-state index is 12.3. The number of benzene rings is 1. The molecule has 9 heteroatoms. The lowest BCUT2D eigenvalue weighted by molar-refractivity contribution is -0.141. The van der Waals surface area contributed by atoms with Gasteiger partial charge in [0, 0.05) is 44.4 Å². The molecule has 0 spiro atoms. The molecule has 1 aromatic carbocycles. The summed E-state index contributed by atoms with van der Waals surface area (Å²) >= 11 is 1.48. The third-order valence-electron chi connectivity index (χ3n) is 4.51. The summed E-state index contributed by atoms with van der Waals surface area (Å²) in [5, 5.41) is 3.58. The number of esters is 1. The van der Waals surface area contributed by atoms with Crippen LogP contribution in [0.3, 0.4) is 0 Å². The van der Waals surface area contributed by atoms with E-state index in [1.807, 2.05) is 12.1 Å². The van der Waals surface area contributed by atoms with E-state index >= 15 is 0 Å². The van der Waals surface area contributed by atoms with Gasteiger partial charge in [-0.2, -0.15) is 4.37 Å². The fraction of sp³-hybridized carbons (Fsp3) is 0.444. The van der Waals surface area contributed by atoms with Gasteiger partial charge in [0.25, 0.3) is 0 Å². The van der Waals surface area contributed by atoms with E-state index < -0.39 is 5.97 Å². The number of rotatable bonds is 6. The lowest BCUT2D eigenvalue weighted by Crippen LogP contribution is -2.49. The second-order valence-electron chi connectivity index (χ2n) is 6.22. The Morgan fingerprint density at radius 2 is 1.89 bits per heavy atom. The quantitative estimate of drug-likeness (QED) is 0.741. The molecular formula is C18H22N4O4S. The van der Waals surface area contributed by atoms with Gasteiger partial charge in [-0.3, -0.25) is 14.4 Å². The van der Waals surface area contributed by atoms with E-state index in [9.17, 15) is 14.4 Å². The highest BCUT2D eigenvalue weighted by atomic mass is 32.1. The number of nitrogens with zero attached hydrogens (tertiary/aromatic N) is 3. The van der Waals surface area contributed by atoms with Crippen molar-refractivity contribution in [2.75, 3.05) is 44.7 Å². The fourth-order valence-electron chi connectivity index (χ4n) is 2.98. The molecule has 0 saturated carbocycles. The molecule has 2 aromatic rings. The van der Waals surface area contributed by atoms with E-state index in [1.54, 1.807) is 4.90 Å². The van der Waals surface area contributed by atoms with Crippen molar-refractivity contribution in [2.45, 2.75) is 12.8 Å². The van der Waals surface area contributed by atoms with Gasteiger partial charge in [-0.15, -0.1) is 0 Å². The first-order valence-corrected chi connectivity index (χ1v) is 9.56. The van der Waals surface area contributed by atoms with Crippen LogP contribution in [0.2, 0.25) is 0 Å². The minimum Gasteiger partial charge on any atom is -0.468 e. The van der Waals surface area contributed by atoms with E-state index in [-0.39, 0.29) is 31.2 Å². The Bertz CT molecular complexity index is 830. The van der Waals surface area contributed by atoms with Crippen LogP contribution in [-0.2, 0) is 19.1 Å². The van der Waals surface area contributed by atoms with Crippen molar-refractivity contribution in [3.05, 3.63) is 24.3 Å². The summed E-state index contributed by atoms with van der Waals surface area (Å²) in [4.78, 5) is 39.0. The lowest BCUT2D eigenvalue weighted by Gasteiger charge is -2.35. The molecule has 3 rings (SSSR count). The van der Waals surface area contributed by atoms with Gasteiger partial charge in [-0.1, -0.05) is 12.1 Å². The predicted molar refractivity (Wildman–Crippen MR) is 103 cm³/mol. The SMILES string of the molecule is COC(=O)CNC(=O)CCC(=O)N1CCN(c2nsc3ccccc23)CC1. The molecule has 1 saturated heterocycles. The van der Waals surface area contributed by atoms with Crippen LogP contribution < -0.4 is 10.2 Å². The Hall–Kier alpha value is -2.68. The van der Waals surface area contributed by atoms with Gasteiger partial charge in [0.1, 0.15) is 12.4 Å². The van der Waals surface area contributed by atoms with Gasteiger partial charge in [0.05, 0.1) is 11.8 Å². The van der Waals surface area contributed by atoms with Crippen molar-refractivity contribution in [2.24, 2.45) is 0 Å². The molecule has 2 amide bonds. The van der Waals surface area contributed by atoms with Gasteiger partial charge < -0.3 is 19.9 Å². The van der Waals surface area contributed by atoms with Crippen molar-refractivity contribution in [3.63, 3.8) is 0 Å². The molecular weight excluding hydrogens is 368 g/mol. The lowest BCUT2D eigenvalue weighted by atomic mass is 10.2. The Morgan fingerprint density at radius 3 is 2.63 bits per heavy atom. The van der Waals surface area contributed by atoms with Crippen molar-refractivity contribution in [1.29, 1.82) is 0 Å². The number of nitrogens with one attached hydrogen (secondary N) is 1. The number of carbonyl (C=O) groups excluding carboxylic acids is 3. The third kappa shape index (κ3) is 4.73. The number of methoxy groups -OCH3 is 1. The number of fused-ring (bicyclic) bond motifs is 1. The molecule has 1 fully saturated rings. The zero-order valence-electron chi connectivity index (χ0n) is 15.1. The summed E-state index contributed by atoms with van der Waals surface area (Å²) in [5.74, 6) is 0.0811. The summed E-state index contributed by atoms with van der Waals surface area (Å²) in [6.07, 6.45) is 0.194. The molecule has 1 aromatic heterocycles. The number of hydrogen-bond donors (Lipinski definition) is 1. The van der Waals surface area contributed by atoms with Crippen LogP contribution >= 0.6 is 11.5 Å². The van der Waals surface area contributed by atoms with Gasteiger partial charge in [-0.05, 0) is 23.7 Å². The number of hydrogen-bond acceptors (Lipinski definition) is 7. The normalized spacial score (nSPS) is 14.3. The zero-order chi connectivity index (χ0) is 19.2. The molecule has 0 radical (unpaired) electrons. The number of ether oxygens (including phenoxy) is 1. The zero-order valence-corrected chi connectivity index (χ0v) is 16.0. The van der Waals surface area contributed by atoms with Crippen LogP contribution in [0.25, 0.3) is 10.1 Å². The topological polar surface area (TPSA) is 91.8 Å². The molecule has 27 heavy (non-hydrogen) atoms. The monoisotopic (exact) mass is 390 g/mol. The van der Waals surface area contributed by atoms with Crippen LogP contribution in [0.1, 0.15) is 12.8 Å². The smallest absolute Gasteiger partial charge is 0.325 e. The van der Waals surface area contributed by atoms with E-state index in [0.717, 1.165) is 15.9 Å². The van der Waals surface area contributed by atoms with Crippen molar-refractivity contribution in [3.8, 4) is 0 Å². The average Bonchev–Trinajstić information content (AvgIpc) is 3.14. The Kier molecular flexibility index (Phi) is 6.23. The fourth-order valence-corrected chi connectivity index (χ4v) is 3.77. The minimum absolute atomic E-state index is 0.0500. The van der Waals surface area contributed by atoms with Crippen molar-refractivity contribution >= 4 is 45.2 Å². The second kappa shape index (κ2) is 8.81. The standard InChI is InChI=1S/C18H22N4O4S/c1-26-17(25)12-19-15(23)6-7-16(24)21-8-10-22(11-9-21)18-13-4-2-3-5-14(13)27-20-18/h2-5H,6-12H2,1H3,(H,19,23). The Balaban J connectivity index is 1.45. The maximum atomic E-state index is 12.3. The van der Waals surface area contributed by atoms with Gasteiger partial charge in [0.15, 0.2) is 0 Å². The molecule has 1 aliphatic rings. The number of carbonyl (C=O) groups is 3. The second-order valence-corrected chi connectivity index (χ2v) is 7.03. The molecule has 1 aliphatic heterocycles. The van der Waals surface area contributed by atoms with Gasteiger partial charge in [0.2, 0.25) is 11.8 Å². The number of aromatic nitrogens is 1. The molecule has 8 nitrogen and oxygen atoms in total. The minimum atomic E-state index is -0.514. The Labute approximate surface area is 161 Å². The summed E-state index contributed by atoms with van der Waals surface area (Å²) in [6.45, 7) is 2.47. The molecule has 2 heterocycles. The summed E-state index contributed by atoms with van der Waals surface area (Å²) < 4.78 is 10.2. The summed E-state index contributed by atoms with van der Waals surface area (Å²) in [6, 6.07) is 8.13. The van der Waals surface area contributed by atoms with Crippen LogP contribution in [0.15, 0.2) is 24.3 Å². The first-order chi connectivity index (χ1) is 13.1. The number of amides is 2. The highest BCUT2D eigenvalue weighted by molar-refractivity contribution is 7.13. The summed E-state index contributed by atoms with van der Waals surface area (Å²) in [5.41, 5.74) is 0. The molecule has 144 valence electrons. The van der Waals surface area contributed by atoms with E-state index in [0.29, 0.717) is 26.2 Å². The van der Waals surface area contributed by atoms with Crippen molar-refractivity contribution in [1.82, 2.24) is 14.6 Å². The van der Waals surface area contributed by atoms with Crippen molar-refractivity contribution < 1.29 is 19.1 Å². The Morgan fingerprint density at radius 1 is 1.15 bits per heavy atom.